The fraction of sp³-hybridized carbons (Fsp3) is 1.00. The Kier molecular flexibility index (Phi) is 5.04. The van der Waals surface area contributed by atoms with Crippen LogP contribution in [-0.4, -0.2) is 36.6 Å². The third-order valence-corrected chi connectivity index (χ3v) is 6.24. The summed E-state index contributed by atoms with van der Waals surface area (Å²) in [6, 6.07) is 1.57. The van der Waals surface area contributed by atoms with Gasteiger partial charge < -0.3 is 10.2 Å². The highest BCUT2D eigenvalue weighted by Crippen LogP contribution is 2.36. The van der Waals surface area contributed by atoms with Gasteiger partial charge in [0.2, 0.25) is 0 Å². The Bertz CT molecular complexity index is 282. The second kappa shape index (κ2) is 6.79. The van der Waals surface area contributed by atoms with Crippen molar-refractivity contribution in [3.05, 3.63) is 0 Å². The molecule has 3 fully saturated rings. The van der Waals surface area contributed by atoms with E-state index in [9.17, 15) is 0 Å². The highest BCUT2D eigenvalue weighted by atomic mass is 15.2. The van der Waals surface area contributed by atoms with Gasteiger partial charge in [0.25, 0.3) is 0 Å². The van der Waals surface area contributed by atoms with E-state index in [1.165, 1.54) is 71.0 Å². The molecule has 2 saturated carbocycles. The summed E-state index contributed by atoms with van der Waals surface area (Å²) in [5.74, 6) is 2.89. The van der Waals surface area contributed by atoms with E-state index in [4.69, 9.17) is 0 Å². The zero-order valence-corrected chi connectivity index (χ0v) is 13.6. The SMILES string of the molecule is CC(C)N1CC2CCCC(C1)C2NCCC1CCCC1. The second-order valence-electron chi connectivity index (χ2n) is 7.92. The summed E-state index contributed by atoms with van der Waals surface area (Å²) in [7, 11) is 0. The monoisotopic (exact) mass is 278 g/mol. The number of nitrogens with one attached hydrogen (secondary N) is 1. The minimum Gasteiger partial charge on any atom is -0.313 e. The molecule has 3 aliphatic rings. The van der Waals surface area contributed by atoms with E-state index in [0.29, 0.717) is 0 Å². The molecule has 1 N–H and O–H groups in total. The first-order valence-electron chi connectivity index (χ1n) is 9.21. The molecule has 2 nitrogen and oxygen atoms in total. The van der Waals surface area contributed by atoms with E-state index < -0.39 is 0 Å². The van der Waals surface area contributed by atoms with Crippen molar-refractivity contribution >= 4 is 0 Å². The van der Waals surface area contributed by atoms with Gasteiger partial charge in [0, 0.05) is 25.2 Å². The lowest BCUT2D eigenvalue weighted by atomic mass is 9.73. The Hall–Kier alpha value is -0.0800. The van der Waals surface area contributed by atoms with Gasteiger partial charge in [0.15, 0.2) is 0 Å². The number of fused-ring (bicyclic) bond motifs is 2. The van der Waals surface area contributed by atoms with Gasteiger partial charge in [-0.2, -0.15) is 0 Å². The van der Waals surface area contributed by atoms with Crippen molar-refractivity contribution in [2.45, 2.75) is 77.3 Å². The largest absolute Gasteiger partial charge is 0.313 e. The topological polar surface area (TPSA) is 15.3 Å². The molecule has 2 bridgehead atoms. The Labute approximate surface area is 125 Å². The first-order chi connectivity index (χ1) is 9.74. The van der Waals surface area contributed by atoms with Gasteiger partial charge in [-0.25, -0.2) is 0 Å². The molecule has 1 heterocycles. The maximum Gasteiger partial charge on any atom is 0.0148 e. The van der Waals surface area contributed by atoms with Crippen LogP contribution in [0.5, 0.6) is 0 Å². The van der Waals surface area contributed by atoms with Crippen LogP contribution in [0.4, 0.5) is 0 Å². The molecule has 1 aliphatic heterocycles. The molecule has 2 atom stereocenters. The zero-order chi connectivity index (χ0) is 13.9. The maximum atomic E-state index is 3.98. The molecule has 20 heavy (non-hydrogen) atoms. The van der Waals surface area contributed by atoms with Gasteiger partial charge in [0.1, 0.15) is 0 Å². The van der Waals surface area contributed by atoms with Crippen molar-refractivity contribution < 1.29 is 0 Å². The second-order valence-corrected chi connectivity index (χ2v) is 7.92. The van der Waals surface area contributed by atoms with Crippen LogP contribution in [0.2, 0.25) is 0 Å². The highest BCUT2D eigenvalue weighted by Gasteiger charge is 2.39. The smallest absolute Gasteiger partial charge is 0.0148 e. The molecule has 0 spiro atoms. The summed E-state index contributed by atoms with van der Waals surface area (Å²) < 4.78 is 0. The normalized spacial score (nSPS) is 35.9. The number of rotatable bonds is 5. The van der Waals surface area contributed by atoms with Crippen LogP contribution in [0, 0.1) is 17.8 Å². The van der Waals surface area contributed by atoms with Gasteiger partial charge in [0.05, 0.1) is 0 Å². The molecular formula is C18H34N2. The average molecular weight is 278 g/mol. The Morgan fingerprint density at radius 1 is 0.950 bits per heavy atom. The van der Waals surface area contributed by atoms with Crippen LogP contribution >= 0.6 is 0 Å². The summed E-state index contributed by atoms with van der Waals surface area (Å²) in [4.78, 5) is 2.73. The highest BCUT2D eigenvalue weighted by molar-refractivity contribution is 4.95. The van der Waals surface area contributed by atoms with Crippen LogP contribution in [0.3, 0.4) is 0 Å². The molecule has 3 rings (SSSR count). The molecule has 0 aromatic carbocycles. The van der Waals surface area contributed by atoms with Gasteiger partial charge in [-0.3, -0.25) is 0 Å². The number of hydrogen-bond donors (Lipinski definition) is 1. The molecule has 0 aromatic rings. The van der Waals surface area contributed by atoms with Gasteiger partial charge in [-0.05, 0) is 57.4 Å². The van der Waals surface area contributed by atoms with E-state index in [-0.39, 0.29) is 0 Å². The summed E-state index contributed by atoms with van der Waals surface area (Å²) >= 11 is 0. The molecule has 2 heteroatoms. The number of likely N-dealkylation sites (tertiary alicyclic amines) is 1. The van der Waals surface area contributed by atoms with E-state index in [2.05, 4.69) is 24.1 Å². The third kappa shape index (κ3) is 3.39. The minimum absolute atomic E-state index is 0.734. The lowest BCUT2D eigenvalue weighted by molar-refractivity contribution is 0.0293. The Morgan fingerprint density at radius 2 is 1.60 bits per heavy atom. The lowest BCUT2D eigenvalue weighted by Gasteiger charge is -2.49. The predicted octanol–water partition coefficient (Wildman–Crippen LogP) is 3.67. The van der Waals surface area contributed by atoms with Crippen molar-refractivity contribution in [1.82, 2.24) is 10.2 Å². The van der Waals surface area contributed by atoms with Crippen molar-refractivity contribution in [3.63, 3.8) is 0 Å². The van der Waals surface area contributed by atoms with Crippen molar-refractivity contribution in [1.29, 1.82) is 0 Å². The van der Waals surface area contributed by atoms with Crippen LogP contribution in [-0.2, 0) is 0 Å². The van der Waals surface area contributed by atoms with Crippen molar-refractivity contribution in [2.75, 3.05) is 19.6 Å². The van der Waals surface area contributed by atoms with E-state index in [1.807, 2.05) is 0 Å². The predicted molar refractivity (Wildman–Crippen MR) is 85.9 cm³/mol. The van der Waals surface area contributed by atoms with Crippen molar-refractivity contribution in [2.24, 2.45) is 17.8 Å². The van der Waals surface area contributed by atoms with Gasteiger partial charge in [-0.15, -0.1) is 0 Å². The number of piperidine rings is 1. The molecule has 1 saturated heterocycles. The zero-order valence-electron chi connectivity index (χ0n) is 13.6. The van der Waals surface area contributed by atoms with E-state index in [0.717, 1.165) is 29.8 Å². The first-order valence-corrected chi connectivity index (χ1v) is 9.21. The van der Waals surface area contributed by atoms with Crippen LogP contribution in [0.15, 0.2) is 0 Å². The van der Waals surface area contributed by atoms with Crippen molar-refractivity contribution in [3.8, 4) is 0 Å². The fourth-order valence-electron chi connectivity index (χ4n) is 4.98. The summed E-state index contributed by atoms with van der Waals surface area (Å²) in [5.41, 5.74) is 0. The van der Waals surface area contributed by atoms with E-state index >= 15 is 0 Å². The minimum atomic E-state index is 0.734. The third-order valence-electron chi connectivity index (χ3n) is 6.24. The maximum absolute atomic E-state index is 3.98. The van der Waals surface area contributed by atoms with E-state index in [1.54, 1.807) is 0 Å². The van der Waals surface area contributed by atoms with Gasteiger partial charge in [-0.1, -0.05) is 32.1 Å². The fourth-order valence-corrected chi connectivity index (χ4v) is 4.98. The average Bonchev–Trinajstić information content (AvgIpc) is 2.91. The number of nitrogens with zero attached hydrogens (tertiary/aromatic N) is 1. The lowest BCUT2D eigenvalue weighted by Crippen LogP contribution is -2.58. The number of hydrogen-bond acceptors (Lipinski definition) is 2. The molecule has 0 radical (unpaired) electrons. The summed E-state index contributed by atoms with van der Waals surface area (Å²) in [6.07, 6.45) is 11.8. The molecule has 0 amide bonds. The van der Waals surface area contributed by atoms with Gasteiger partial charge >= 0.3 is 0 Å². The first kappa shape index (κ1) is 14.8. The summed E-state index contributed by atoms with van der Waals surface area (Å²) in [6.45, 7) is 8.70. The molecule has 2 aliphatic carbocycles. The standard InChI is InChI=1S/C18H34N2/c1-14(2)20-12-16-8-5-9-17(13-20)18(16)19-11-10-15-6-3-4-7-15/h14-19H,3-13H2,1-2H3. The summed E-state index contributed by atoms with van der Waals surface area (Å²) in [5, 5.41) is 3.98. The Morgan fingerprint density at radius 3 is 2.20 bits per heavy atom. The molecule has 2 unspecified atom stereocenters. The quantitative estimate of drug-likeness (QED) is 0.825. The van der Waals surface area contributed by atoms with Crippen LogP contribution in [0.25, 0.3) is 0 Å². The van der Waals surface area contributed by atoms with Crippen LogP contribution in [0.1, 0.15) is 65.2 Å². The van der Waals surface area contributed by atoms with Crippen LogP contribution < -0.4 is 5.32 Å². The Balaban J connectivity index is 1.48. The molecular weight excluding hydrogens is 244 g/mol. The molecule has 116 valence electrons. The molecule has 0 aromatic heterocycles.